The first-order chi connectivity index (χ1) is 15.2. The minimum Gasteiger partial charge on any atom is -0.461 e. The van der Waals surface area contributed by atoms with Gasteiger partial charge in [0.05, 0.1) is 27.0 Å². The lowest BCUT2D eigenvalue weighted by Gasteiger charge is -2.07. The Morgan fingerprint density at radius 1 is 1.09 bits per heavy atom. The monoisotopic (exact) mass is 444 g/mol. The van der Waals surface area contributed by atoms with Gasteiger partial charge in [0.1, 0.15) is 6.61 Å². The van der Waals surface area contributed by atoms with E-state index in [1.165, 1.54) is 28.8 Å². The number of esters is 1. The molecule has 0 saturated heterocycles. The Morgan fingerprint density at radius 2 is 1.84 bits per heavy atom. The lowest BCUT2D eigenvalue weighted by Crippen LogP contribution is -2.15. The number of amides is 1. The number of aromatic nitrogens is 1. The van der Waals surface area contributed by atoms with Crippen molar-refractivity contribution in [2.45, 2.75) is 26.0 Å². The maximum Gasteiger partial charge on any atom is 0.419 e. The van der Waals surface area contributed by atoms with Gasteiger partial charge in [-0.2, -0.15) is 0 Å². The smallest absolute Gasteiger partial charge is 0.419 e. The normalized spacial score (nSPS) is 10.8. The third-order valence-electron chi connectivity index (χ3n) is 4.58. The molecule has 13 heteroatoms. The van der Waals surface area contributed by atoms with Crippen molar-refractivity contribution in [1.82, 2.24) is 4.57 Å². The van der Waals surface area contributed by atoms with Gasteiger partial charge in [0.2, 0.25) is 5.91 Å². The van der Waals surface area contributed by atoms with Crippen LogP contribution in [0, 0.1) is 20.2 Å². The molecule has 13 nitrogen and oxygen atoms in total. The van der Waals surface area contributed by atoms with Crippen molar-refractivity contribution in [3.05, 3.63) is 78.3 Å². The van der Waals surface area contributed by atoms with Crippen LogP contribution in [0.15, 0.2) is 45.6 Å². The number of carbonyl (C=O) groups is 2. The van der Waals surface area contributed by atoms with Crippen LogP contribution < -0.4 is 11.5 Å². The Morgan fingerprint density at radius 3 is 2.50 bits per heavy atom. The molecule has 0 spiro atoms. The first-order valence-corrected chi connectivity index (χ1v) is 9.18. The number of aryl methyl sites for hydroxylation is 1. The number of non-ortho nitro benzene ring substituents is 1. The van der Waals surface area contributed by atoms with Crippen LogP contribution in [0.2, 0.25) is 0 Å². The third kappa shape index (κ3) is 4.77. The van der Waals surface area contributed by atoms with Gasteiger partial charge in [-0.05, 0) is 24.6 Å². The van der Waals surface area contributed by atoms with Gasteiger partial charge in [0.25, 0.3) is 11.4 Å². The summed E-state index contributed by atoms with van der Waals surface area (Å²) >= 11 is 0. The minimum absolute atomic E-state index is 0.0464. The zero-order valence-corrected chi connectivity index (χ0v) is 16.4. The topological polar surface area (TPSA) is 191 Å². The molecule has 32 heavy (non-hydrogen) atoms. The van der Waals surface area contributed by atoms with Crippen LogP contribution in [0.4, 0.5) is 11.4 Å². The molecule has 3 aromatic rings. The average Bonchev–Trinajstić information content (AvgIpc) is 3.06. The summed E-state index contributed by atoms with van der Waals surface area (Å²) in [6, 6.07) is 7.33. The lowest BCUT2D eigenvalue weighted by atomic mass is 10.1. The molecule has 0 unspecified atom stereocenters. The second-order valence-corrected chi connectivity index (χ2v) is 6.66. The fourth-order valence-electron chi connectivity index (χ4n) is 3.00. The lowest BCUT2D eigenvalue weighted by molar-refractivity contribution is -0.385. The molecule has 166 valence electrons. The van der Waals surface area contributed by atoms with Gasteiger partial charge in [-0.1, -0.05) is 0 Å². The summed E-state index contributed by atoms with van der Waals surface area (Å²) in [5.74, 6) is -2.21. The van der Waals surface area contributed by atoms with E-state index >= 15 is 0 Å². The Bertz CT molecular complexity index is 1290. The molecule has 0 aliphatic rings. The number of nitrogens with zero attached hydrogens (tertiary/aromatic N) is 3. The molecule has 3 rings (SSSR count). The quantitative estimate of drug-likeness (QED) is 0.292. The van der Waals surface area contributed by atoms with E-state index in [9.17, 15) is 34.6 Å². The van der Waals surface area contributed by atoms with Gasteiger partial charge < -0.3 is 14.9 Å². The molecule has 0 fully saturated rings. The highest BCUT2D eigenvalue weighted by Crippen LogP contribution is 2.22. The van der Waals surface area contributed by atoms with E-state index in [0.29, 0.717) is 5.52 Å². The highest BCUT2D eigenvalue weighted by atomic mass is 16.6. The number of fused-ring (bicyclic) bond motifs is 1. The third-order valence-corrected chi connectivity index (χ3v) is 4.58. The summed E-state index contributed by atoms with van der Waals surface area (Å²) < 4.78 is 11.3. The van der Waals surface area contributed by atoms with E-state index in [-0.39, 0.29) is 48.4 Å². The van der Waals surface area contributed by atoms with E-state index in [1.54, 1.807) is 0 Å². The number of hydrogen-bond donors (Lipinski definition) is 1. The van der Waals surface area contributed by atoms with Gasteiger partial charge in [-0.15, -0.1) is 0 Å². The number of primary amides is 1. The molecule has 0 aliphatic heterocycles. The molecule has 2 aromatic carbocycles. The first-order valence-electron chi connectivity index (χ1n) is 9.18. The Balaban J connectivity index is 1.60. The van der Waals surface area contributed by atoms with Gasteiger partial charge in [0, 0.05) is 30.7 Å². The number of ether oxygens (including phenoxy) is 1. The van der Waals surface area contributed by atoms with Crippen molar-refractivity contribution in [3.8, 4) is 0 Å². The average molecular weight is 444 g/mol. The van der Waals surface area contributed by atoms with Crippen molar-refractivity contribution >= 4 is 34.4 Å². The summed E-state index contributed by atoms with van der Waals surface area (Å²) in [6.07, 6.45) is 0.0896. The van der Waals surface area contributed by atoms with Crippen molar-refractivity contribution in [1.29, 1.82) is 0 Å². The molecule has 1 heterocycles. The van der Waals surface area contributed by atoms with Gasteiger partial charge in [0.15, 0.2) is 5.58 Å². The number of carbonyl (C=O) groups excluding carboxylic acids is 2. The first kappa shape index (κ1) is 22.1. The number of hydrogen-bond acceptors (Lipinski definition) is 9. The summed E-state index contributed by atoms with van der Waals surface area (Å²) in [7, 11) is 0. The van der Waals surface area contributed by atoms with Crippen LogP contribution in [0.25, 0.3) is 11.1 Å². The van der Waals surface area contributed by atoms with Crippen molar-refractivity contribution in [2.24, 2.45) is 5.73 Å². The second-order valence-electron chi connectivity index (χ2n) is 6.66. The van der Waals surface area contributed by atoms with Crippen LogP contribution in [0.1, 0.15) is 28.8 Å². The van der Waals surface area contributed by atoms with Gasteiger partial charge >= 0.3 is 11.7 Å². The predicted octanol–water partition coefficient (Wildman–Crippen LogP) is 2.03. The number of rotatable bonds is 9. The Hall–Kier alpha value is -4.55. The van der Waals surface area contributed by atoms with Crippen molar-refractivity contribution in [2.75, 3.05) is 0 Å². The summed E-state index contributed by atoms with van der Waals surface area (Å²) in [5, 5.41) is 22.0. The molecule has 0 atom stereocenters. The van der Waals surface area contributed by atoms with Crippen LogP contribution >= 0.6 is 0 Å². The van der Waals surface area contributed by atoms with Crippen molar-refractivity contribution < 1.29 is 28.6 Å². The molecule has 1 aromatic heterocycles. The van der Waals surface area contributed by atoms with Gasteiger partial charge in [-0.25, -0.2) is 4.79 Å². The van der Waals surface area contributed by atoms with Crippen LogP contribution in [0.3, 0.4) is 0 Å². The standard InChI is InChI=1S/C19H16N4O9/c20-18(25)11-3-4-12(15(8-11)23(29)30)10-31-17(24)2-1-7-21-14-6-5-13(22(27)28)9-16(14)32-19(21)26/h3-6,8-9H,1-2,7,10H2,(H2,20,25). The maximum atomic E-state index is 12.0. The zero-order valence-electron chi connectivity index (χ0n) is 16.4. The highest BCUT2D eigenvalue weighted by molar-refractivity contribution is 5.93. The molecule has 0 bridgehead atoms. The Kier molecular flexibility index (Phi) is 6.28. The van der Waals surface area contributed by atoms with Crippen molar-refractivity contribution in [3.63, 3.8) is 0 Å². The predicted molar refractivity (Wildman–Crippen MR) is 108 cm³/mol. The molecule has 0 saturated carbocycles. The maximum absolute atomic E-state index is 12.0. The van der Waals surface area contributed by atoms with E-state index < -0.39 is 33.2 Å². The number of oxazole rings is 1. The SMILES string of the molecule is NC(=O)c1ccc(COC(=O)CCCn2c(=O)oc3cc([N+](=O)[O-])ccc32)c([N+](=O)[O-])c1. The van der Waals surface area contributed by atoms with E-state index in [2.05, 4.69) is 0 Å². The molecule has 0 aliphatic carbocycles. The van der Waals surface area contributed by atoms with Crippen LogP contribution in [-0.2, 0) is 22.7 Å². The zero-order chi connectivity index (χ0) is 23.4. The number of nitrogens with two attached hydrogens (primary N) is 1. The summed E-state index contributed by atoms with van der Waals surface area (Å²) in [5.41, 5.74) is 4.93. The fourth-order valence-corrected chi connectivity index (χ4v) is 3.00. The second kappa shape index (κ2) is 9.07. The minimum atomic E-state index is -0.826. The molecule has 0 radical (unpaired) electrons. The summed E-state index contributed by atoms with van der Waals surface area (Å²) in [4.78, 5) is 55.9. The van der Waals surface area contributed by atoms with Crippen LogP contribution in [-0.4, -0.2) is 26.3 Å². The number of benzene rings is 2. The molecule has 2 N–H and O–H groups in total. The number of nitro groups is 2. The number of nitro benzene ring substituents is 2. The fraction of sp³-hybridized carbons (Fsp3) is 0.211. The van der Waals surface area contributed by atoms with E-state index in [4.69, 9.17) is 14.9 Å². The van der Waals surface area contributed by atoms with Gasteiger partial charge in [-0.3, -0.25) is 34.4 Å². The highest BCUT2D eigenvalue weighted by Gasteiger charge is 2.18. The molecular formula is C19H16N4O9. The summed E-state index contributed by atoms with van der Waals surface area (Å²) in [6.45, 7) is -0.293. The largest absolute Gasteiger partial charge is 0.461 e. The molecule has 1 amide bonds. The van der Waals surface area contributed by atoms with E-state index in [1.807, 2.05) is 0 Å². The Labute approximate surface area is 178 Å². The molecular weight excluding hydrogens is 428 g/mol. The van der Waals surface area contributed by atoms with Crippen LogP contribution in [0.5, 0.6) is 0 Å². The van der Waals surface area contributed by atoms with E-state index in [0.717, 1.165) is 12.1 Å².